The van der Waals surface area contributed by atoms with E-state index < -0.39 is 23.0 Å². The van der Waals surface area contributed by atoms with Crippen LogP contribution in [0.1, 0.15) is 17.0 Å². The summed E-state index contributed by atoms with van der Waals surface area (Å²) in [5, 5.41) is 10.8. The van der Waals surface area contributed by atoms with Crippen LogP contribution in [0.4, 0.5) is 17.6 Å². The molecule has 1 aromatic carbocycles. The van der Waals surface area contributed by atoms with Gasteiger partial charge >= 0.3 is 6.18 Å². The van der Waals surface area contributed by atoms with Crippen molar-refractivity contribution in [2.75, 3.05) is 0 Å². The molecule has 30 heavy (non-hydrogen) atoms. The molecule has 0 atom stereocenters. The maximum atomic E-state index is 13.2. The van der Waals surface area contributed by atoms with Crippen molar-refractivity contribution in [2.24, 2.45) is 10.1 Å². The third kappa shape index (κ3) is 3.34. The average Bonchev–Trinajstić information content (AvgIpc) is 3.21. The molecule has 0 bridgehead atoms. The molecule has 6 nitrogen and oxygen atoms in total. The lowest BCUT2D eigenvalue weighted by atomic mass is 10.1. The van der Waals surface area contributed by atoms with Crippen LogP contribution in [0.25, 0.3) is 11.8 Å². The minimum Gasteiger partial charge on any atom is -0.318 e. The third-order valence-corrected chi connectivity index (χ3v) is 5.51. The topological polar surface area (TPSA) is 73.8 Å². The van der Waals surface area contributed by atoms with E-state index in [0.717, 1.165) is 5.69 Å². The fraction of sp³-hybridized carbons (Fsp3) is 0.158. The number of nitrogens with zero attached hydrogens (tertiary/aromatic N) is 4. The Kier molecular flexibility index (Phi) is 4.64. The number of amidine groups is 2. The minimum absolute atomic E-state index is 0.175. The highest BCUT2D eigenvalue weighted by Gasteiger charge is 2.46. The number of amides is 1. The normalized spacial score (nSPS) is 18.1. The van der Waals surface area contributed by atoms with Crippen molar-refractivity contribution >= 4 is 39.8 Å². The van der Waals surface area contributed by atoms with Gasteiger partial charge in [-0.25, -0.2) is 4.39 Å². The number of fused-ring (bicyclic) bond motifs is 1. The SMILES string of the molecule is Cc1cc(C=C2C(=N)N3N=C(C(F)(F)F)SC3=NC2=O)c(C)n1-c1ccc(F)cc1. The Morgan fingerprint density at radius 1 is 1.17 bits per heavy atom. The molecule has 3 heterocycles. The lowest BCUT2D eigenvalue weighted by molar-refractivity contribution is -0.114. The molecule has 0 saturated carbocycles. The quantitative estimate of drug-likeness (QED) is 0.561. The van der Waals surface area contributed by atoms with Crippen molar-refractivity contribution in [1.29, 1.82) is 5.41 Å². The predicted octanol–water partition coefficient (Wildman–Crippen LogP) is 4.41. The lowest BCUT2D eigenvalue weighted by Gasteiger charge is -2.20. The van der Waals surface area contributed by atoms with E-state index >= 15 is 0 Å². The standard InChI is InChI=1S/C19H13F4N5OS/c1-9-7-11(10(2)27(9)13-5-3-12(20)4-6-13)8-14-15(24)28-18(25-16(14)29)30-17(26-28)19(21,22)23/h3-8,24H,1-2H3. The first kappa shape index (κ1) is 20.1. The van der Waals surface area contributed by atoms with E-state index in [2.05, 4.69) is 10.1 Å². The largest absolute Gasteiger partial charge is 0.441 e. The Labute approximate surface area is 172 Å². The first-order valence-electron chi connectivity index (χ1n) is 8.58. The van der Waals surface area contributed by atoms with Crippen LogP contribution in [0.3, 0.4) is 0 Å². The van der Waals surface area contributed by atoms with E-state index in [0.29, 0.717) is 22.0 Å². The van der Waals surface area contributed by atoms with Crippen LogP contribution in [0.15, 0.2) is 46.0 Å². The van der Waals surface area contributed by atoms with Crippen LogP contribution in [0.2, 0.25) is 0 Å². The number of nitrogens with one attached hydrogen (secondary N) is 1. The average molecular weight is 435 g/mol. The van der Waals surface area contributed by atoms with E-state index in [4.69, 9.17) is 5.41 Å². The molecule has 4 rings (SSSR count). The number of hydrogen-bond acceptors (Lipinski definition) is 4. The maximum absolute atomic E-state index is 13.2. The molecular weight excluding hydrogens is 422 g/mol. The van der Waals surface area contributed by atoms with Crippen molar-refractivity contribution in [3.63, 3.8) is 0 Å². The molecule has 11 heteroatoms. The number of halogens is 4. The van der Waals surface area contributed by atoms with Crippen LogP contribution < -0.4 is 0 Å². The summed E-state index contributed by atoms with van der Waals surface area (Å²) in [5.74, 6) is -1.67. The molecule has 2 aromatic rings. The van der Waals surface area contributed by atoms with Crippen molar-refractivity contribution in [2.45, 2.75) is 20.0 Å². The number of hydrogen-bond donors (Lipinski definition) is 1. The second-order valence-corrected chi connectivity index (χ2v) is 7.52. The first-order chi connectivity index (χ1) is 14.1. The number of benzene rings is 1. The van der Waals surface area contributed by atoms with Gasteiger partial charge in [-0.2, -0.15) is 28.3 Å². The van der Waals surface area contributed by atoms with Crippen LogP contribution in [0, 0.1) is 25.1 Å². The number of carbonyl (C=O) groups excluding carboxylic acids is 1. The van der Waals surface area contributed by atoms with Gasteiger partial charge in [0.15, 0.2) is 5.84 Å². The number of thioether (sulfide) groups is 1. The Morgan fingerprint density at radius 2 is 1.83 bits per heavy atom. The molecule has 154 valence electrons. The predicted molar refractivity (Wildman–Crippen MR) is 106 cm³/mol. The van der Waals surface area contributed by atoms with E-state index in [9.17, 15) is 22.4 Å². The zero-order valence-electron chi connectivity index (χ0n) is 15.6. The molecule has 2 aliphatic heterocycles. The Bertz CT molecular complexity index is 1170. The van der Waals surface area contributed by atoms with Gasteiger partial charge in [0.05, 0.1) is 5.57 Å². The minimum atomic E-state index is -4.70. The van der Waals surface area contributed by atoms with E-state index in [1.165, 1.54) is 18.2 Å². The van der Waals surface area contributed by atoms with Gasteiger partial charge in [-0.15, -0.1) is 0 Å². The highest BCUT2D eigenvalue weighted by molar-refractivity contribution is 8.27. The van der Waals surface area contributed by atoms with Crippen LogP contribution in [-0.4, -0.2) is 37.7 Å². The maximum Gasteiger partial charge on any atom is 0.441 e. The summed E-state index contributed by atoms with van der Waals surface area (Å²) in [6.45, 7) is 3.60. The smallest absolute Gasteiger partial charge is 0.318 e. The first-order valence-corrected chi connectivity index (χ1v) is 9.40. The molecule has 0 unspecified atom stereocenters. The molecule has 0 saturated heterocycles. The van der Waals surface area contributed by atoms with Gasteiger partial charge in [-0.05, 0) is 67.6 Å². The Morgan fingerprint density at radius 3 is 2.47 bits per heavy atom. The van der Waals surface area contributed by atoms with Crippen LogP contribution >= 0.6 is 11.8 Å². The Hall–Kier alpha value is -3.21. The number of aliphatic imine (C=N–C) groups is 1. The highest BCUT2D eigenvalue weighted by atomic mass is 32.2. The summed E-state index contributed by atoms with van der Waals surface area (Å²) in [6.07, 6.45) is -3.29. The van der Waals surface area contributed by atoms with Crippen LogP contribution in [-0.2, 0) is 4.79 Å². The number of rotatable bonds is 2. The van der Waals surface area contributed by atoms with Crippen molar-refractivity contribution < 1.29 is 22.4 Å². The molecule has 1 aromatic heterocycles. The number of carbonyl (C=O) groups is 1. The monoisotopic (exact) mass is 435 g/mol. The number of aryl methyl sites for hydroxylation is 1. The van der Waals surface area contributed by atoms with E-state index in [-0.39, 0.29) is 28.3 Å². The van der Waals surface area contributed by atoms with Crippen molar-refractivity contribution in [1.82, 2.24) is 9.58 Å². The summed E-state index contributed by atoms with van der Waals surface area (Å²) in [7, 11) is 0. The van der Waals surface area contributed by atoms with E-state index in [1.54, 1.807) is 25.1 Å². The van der Waals surface area contributed by atoms with Gasteiger partial charge in [0, 0.05) is 17.1 Å². The van der Waals surface area contributed by atoms with Gasteiger partial charge in [-0.1, -0.05) is 0 Å². The fourth-order valence-electron chi connectivity index (χ4n) is 3.18. The second kappa shape index (κ2) is 6.94. The van der Waals surface area contributed by atoms with Crippen LogP contribution in [0.5, 0.6) is 0 Å². The van der Waals surface area contributed by atoms with Crippen molar-refractivity contribution in [3.05, 3.63) is 58.7 Å². The zero-order chi connectivity index (χ0) is 21.8. The molecule has 0 fully saturated rings. The summed E-state index contributed by atoms with van der Waals surface area (Å²) in [4.78, 5) is 16.1. The number of aromatic nitrogens is 1. The Balaban J connectivity index is 1.74. The summed E-state index contributed by atoms with van der Waals surface area (Å²) < 4.78 is 53.8. The molecule has 1 amide bonds. The zero-order valence-corrected chi connectivity index (χ0v) is 16.4. The second-order valence-electron chi connectivity index (χ2n) is 6.56. The van der Waals surface area contributed by atoms with Gasteiger partial charge in [0.1, 0.15) is 5.82 Å². The fourth-order valence-corrected chi connectivity index (χ4v) is 3.94. The van der Waals surface area contributed by atoms with Gasteiger partial charge in [0.25, 0.3) is 5.91 Å². The van der Waals surface area contributed by atoms with Gasteiger partial charge < -0.3 is 4.57 Å². The number of alkyl halides is 3. The molecule has 0 aliphatic carbocycles. The van der Waals surface area contributed by atoms with E-state index in [1.807, 2.05) is 11.5 Å². The highest BCUT2D eigenvalue weighted by Crippen LogP contribution is 2.35. The molecule has 1 N–H and O–H groups in total. The molecule has 0 radical (unpaired) electrons. The summed E-state index contributed by atoms with van der Waals surface area (Å²) >= 11 is 0.203. The third-order valence-electron chi connectivity index (χ3n) is 4.55. The molecule has 2 aliphatic rings. The lowest BCUT2D eigenvalue weighted by Crippen LogP contribution is -2.35. The molecular formula is C19H13F4N5OS. The molecule has 0 spiro atoms. The van der Waals surface area contributed by atoms with Gasteiger partial charge in [0.2, 0.25) is 10.2 Å². The van der Waals surface area contributed by atoms with Crippen molar-refractivity contribution in [3.8, 4) is 5.69 Å². The van der Waals surface area contributed by atoms with Gasteiger partial charge in [-0.3, -0.25) is 10.2 Å². The number of hydrazone groups is 1. The summed E-state index contributed by atoms with van der Waals surface area (Å²) in [6, 6.07) is 7.61. The summed E-state index contributed by atoms with van der Waals surface area (Å²) in [5.41, 5.74) is 2.61.